The highest BCUT2D eigenvalue weighted by Crippen LogP contribution is 2.35. The summed E-state index contributed by atoms with van der Waals surface area (Å²) < 4.78 is 1.76. The van der Waals surface area contributed by atoms with Crippen LogP contribution in [0.5, 0.6) is 0 Å². The lowest BCUT2D eigenvalue weighted by atomic mass is 10.2. The van der Waals surface area contributed by atoms with E-state index in [-0.39, 0.29) is 11.5 Å². The molecule has 0 saturated heterocycles. The first-order valence-electron chi connectivity index (χ1n) is 7.58. The van der Waals surface area contributed by atoms with Gasteiger partial charge in [0.15, 0.2) is 5.16 Å². The third kappa shape index (κ3) is 2.79. The van der Waals surface area contributed by atoms with E-state index in [1.54, 1.807) is 15.9 Å². The van der Waals surface area contributed by atoms with Gasteiger partial charge in [-0.1, -0.05) is 18.7 Å². The van der Waals surface area contributed by atoms with E-state index in [2.05, 4.69) is 0 Å². The van der Waals surface area contributed by atoms with Crippen LogP contribution in [-0.2, 0) is 24.2 Å². The highest BCUT2D eigenvalue weighted by atomic mass is 32.2. The lowest BCUT2D eigenvalue weighted by molar-refractivity contribution is -0.117. The number of rotatable bonds is 6. The number of fused-ring (bicyclic) bond motifs is 3. The summed E-state index contributed by atoms with van der Waals surface area (Å²) in [5, 5.41) is 1.53. The molecular formula is C15H19N3O2S2. The number of hydrogen-bond donors (Lipinski definition) is 1. The minimum Gasteiger partial charge on any atom is -0.370 e. The summed E-state index contributed by atoms with van der Waals surface area (Å²) in [6.45, 7) is 2.71. The quantitative estimate of drug-likeness (QED) is 0.648. The zero-order valence-electron chi connectivity index (χ0n) is 12.6. The maximum Gasteiger partial charge on any atom is 0.263 e. The summed E-state index contributed by atoms with van der Waals surface area (Å²) in [4.78, 5) is 30.7. The number of nitrogens with zero attached hydrogens (tertiary/aromatic N) is 2. The van der Waals surface area contributed by atoms with Crippen molar-refractivity contribution in [3.05, 3.63) is 20.8 Å². The Balaban J connectivity index is 2.05. The third-order valence-electron chi connectivity index (χ3n) is 3.82. The highest BCUT2D eigenvalue weighted by Gasteiger charge is 2.23. The molecule has 0 aliphatic heterocycles. The normalized spacial score (nSPS) is 13.7. The fraction of sp³-hybridized carbons (Fsp3) is 0.533. The van der Waals surface area contributed by atoms with Crippen LogP contribution in [-0.4, -0.2) is 21.2 Å². The second-order valence-corrected chi connectivity index (χ2v) is 7.60. The number of aromatic nitrogens is 2. The number of thioether (sulfide) groups is 1. The van der Waals surface area contributed by atoms with E-state index in [1.165, 1.54) is 22.2 Å². The molecule has 2 heterocycles. The van der Waals surface area contributed by atoms with Crippen molar-refractivity contribution in [3.8, 4) is 0 Å². The number of nitrogens with two attached hydrogens (primary N) is 1. The molecule has 22 heavy (non-hydrogen) atoms. The summed E-state index contributed by atoms with van der Waals surface area (Å²) >= 11 is 3.09. The molecule has 2 aromatic rings. The van der Waals surface area contributed by atoms with Crippen molar-refractivity contribution < 1.29 is 4.79 Å². The summed E-state index contributed by atoms with van der Waals surface area (Å²) in [6, 6.07) is 0. The Labute approximate surface area is 136 Å². The fourth-order valence-electron chi connectivity index (χ4n) is 2.83. The Morgan fingerprint density at radius 1 is 1.45 bits per heavy atom. The Morgan fingerprint density at radius 3 is 3.00 bits per heavy atom. The zero-order valence-corrected chi connectivity index (χ0v) is 14.2. The minimum absolute atomic E-state index is 0.0767. The van der Waals surface area contributed by atoms with Crippen LogP contribution >= 0.6 is 23.1 Å². The standard InChI is InChI=1S/C15H19N3O2S2/c1-2-7-18-14(20)12-9-4-3-5-10(9)22-13(12)17-15(18)21-8-6-11(16)19/h2-8H2,1H3,(H2,16,19). The second kappa shape index (κ2) is 6.42. The number of carbonyl (C=O) groups excluding carboxylic acids is 1. The van der Waals surface area contributed by atoms with Crippen molar-refractivity contribution >= 4 is 39.2 Å². The molecule has 0 fully saturated rings. The molecule has 0 radical (unpaired) electrons. The predicted octanol–water partition coefficient (Wildman–Crippen LogP) is 2.32. The van der Waals surface area contributed by atoms with Gasteiger partial charge >= 0.3 is 0 Å². The van der Waals surface area contributed by atoms with Crippen LogP contribution in [0.2, 0.25) is 0 Å². The first-order valence-corrected chi connectivity index (χ1v) is 9.38. The van der Waals surface area contributed by atoms with Crippen LogP contribution in [0.15, 0.2) is 9.95 Å². The Hall–Kier alpha value is -1.34. The number of primary amides is 1. The van der Waals surface area contributed by atoms with Crippen LogP contribution in [0.25, 0.3) is 10.2 Å². The van der Waals surface area contributed by atoms with Gasteiger partial charge in [0, 0.05) is 23.6 Å². The maximum atomic E-state index is 12.9. The average Bonchev–Trinajstić information content (AvgIpc) is 3.02. The zero-order chi connectivity index (χ0) is 15.7. The topological polar surface area (TPSA) is 78.0 Å². The molecule has 1 aliphatic rings. The molecule has 1 amide bonds. The monoisotopic (exact) mass is 337 g/mol. The predicted molar refractivity (Wildman–Crippen MR) is 90.7 cm³/mol. The highest BCUT2D eigenvalue weighted by molar-refractivity contribution is 7.99. The second-order valence-electron chi connectivity index (χ2n) is 5.45. The van der Waals surface area contributed by atoms with E-state index < -0.39 is 0 Å². The molecule has 0 unspecified atom stereocenters. The molecule has 3 rings (SSSR count). The lowest BCUT2D eigenvalue weighted by Gasteiger charge is -2.11. The van der Waals surface area contributed by atoms with E-state index in [1.807, 2.05) is 6.92 Å². The maximum absolute atomic E-state index is 12.9. The molecule has 0 bridgehead atoms. The molecule has 7 heteroatoms. The fourth-order valence-corrected chi connectivity index (χ4v) is 5.11. The molecule has 0 aromatic carbocycles. The van der Waals surface area contributed by atoms with Crippen LogP contribution < -0.4 is 11.3 Å². The van der Waals surface area contributed by atoms with E-state index in [9.17, 15) is 9.59 Å². The molecule has 2 aromatic heterocycles. The lowest BCUT2D eigenvalue weighted by Crippen LogP contribution is -2.23. The van der Waals surface area contributed by atoms with Gasteiger partial charge in [-0.15, -0.1) is 11.3 Å². The third-order valence-corrected chi connectivity index (χ3v) is 5.98. The van der Waals surface area contributed by atoms with E-state index in [0.29, 0.717) is 23.9 Å². The van der Waals surface area contributed by atoms with E-state index >= 15 is 0 Å². The van der Waals surface area contributed by atoms with Gasteiger partial charge in [-0.05, 0) is 31.2 Å². The Kier molecular flexibility index (Phi) is 4.54. The van der Waals surface area contributed by atoms with Crippen LogP contribution in [0.1, 0.15) is 36.6 Å². The van der Waals surface area contributed by atoms with Gasteiger partial charge in [0.1, 0.15) is 4.83 Å². The average molecular weight is 337 g/mol. The van der Waals surface area contributed by atoms with Crippen LogP contribution in [0, 0.1) is 0 Å². The van der Waals surface area contributed by atoms with Crippen molar-refractivity contribution in [1.29, 1.82) is 0 Å². The smallest absolute Gasteiger partial charge is 0.263 e. The van der Waals surface area contributed by atoms with E-state index in [0.717, 1.165) is 35.9 Å². The summed E-state index contributed by atoms with van der Waals surface area (Å²) in [6.07, 6.45) is 4.37. The van der Waals surface area contributed by atoms with Gasteiger partial charge in [-0.25, -0.2) is 4.98 Å². The van der Waals surface area contributed by atoms with Crippen LogP contribution in [0.4, 0.5) is 0 Å². The number of amides is 1. The Bertz CT molecular complexity index is 779. The number of hydrogen-bond acceptors (Lipinski definition) is 5. The summed E-state index contributed by atoms with van der Waals surface area (Å²) in [7, 11) is 0. The van der Waals surface area contributed by atoms with Crippen molar-refractivity contribution in [2.24, 2.45) is 5.73 Å². The number of aryl methyl sites for hydroxylation is 2. The van der Waals surface area contributed by atoms with Crippen molar-refractivity contribution in [2.45, 2.75) is 50.7 Å². The Morgan fingerprint density at radius 2 is 2.27 bits per heavy atom. The molecule has 0 saturated carbocycles. The first-order chi connectivity index (χ1) is 10.6. The number of carbonyl (C=O) groups is 1. The van der Waals surface area contributed by atoms with Crippen molar-refractivity contribution in [2.75, 3.05) is 5.75 Å². The molecule has 1 aliphatic carbocycles. The van der Waals surface area contributed by atoms with Crippen molar-refractivity contribution in [3.63, 3.8) is 0 Å². The SMILES string of the molecule is CCCn1c(SCCC(N)=O)nc2sc3c(c2c1=O)CCC3. The summed E-state index contributed by atoms with van der Waals surface area (Å²) in [5.74, 6) is 0.232. The summed E-state index contributed by atoms with van der Waals surface area (Å²) in [5.41, 5.74) is 6.48. The molecule has 118 valence electrons. The molecule has 2 N–H and O–H groups in total. The first kappa shape index (κ1) is 15.6. The molecular weight excluding hydrogens is 318 g/mol. The van der Waals surface area contributed by atoms with Crippen LogP contribution in [0.3, 0.4) is 0 Å². The van der Waals surface area contributed by atoms with Crippen molar-refractivity contribution in [1.82, 2.24) is 9.55 Å². The van der Waals surface area contributed by atoms with Gasteiger partial charge in [-0.3, -0.25) is 14.2 Å². The number of thiophene rings is 1. The van der Waals surface area contributed by atoms with Gasteiger partial charge in [0.2, 0.25) is 5.91 Å². The minimum atomic E-state index is -0.326. The molecule has 5 nitrogen and oxygen atoms in total. The largest absolute Gasteiger partial charge is 0.370 e. The van der Waals surface area contributed by atoms with Gasteiger partial charge in [0.25, 0.3) is 5.56 Å². The van der Waals surface area contributed by atoms with Gasteiger partial charge in [0.05, 0.1) is 5.39 Å². The van der Waals surface area contributed by atoms with E-state index in [4.69, 9.17) is 10.7 Å². The molecule has 0 atom stereocenters. The van der Waals surface area contributed by atoms with Gasteiger partial charge in [-0.2, -0.15) is 0 Å². The van der Waals surface area contributed by atoms with Gasteiger partial charge < -0.3 is 5.73 Å². The molecule has 0 spiro atoms.